The van der Waals surface area contributed by atoms with Crippen LogP contribution in [0, 0.1) is 6.92 Å². The topological polar surface area (TPSA) is 50.8 Å². The quantitative estimate of drug-likeness (QED) is 0.759. The Hall–Kier alpha value is -2.53. The molecule has 5 nitrogen and oxygen atoms in total. The van der Waals surface area contributed by atoms with Crippen LogP contribution in [0.4, 0.5) is 0 Å². The molecule has 1 aliphatic rings. The summed E-state index contributed by atoms with van der Waals surface area (Å²) in [4.78, 5) is 14.7. The van der Waals surface area contributed by atoms with Crippen LogP contribution < -0.4 is 14.8 Å². The molecule has 150 valence electrons. The lowest BCUT2D eigenvalue weighted by molar-refractivity contribution is -0.122. The van der Waals surface area contributed by atoms with Gasteiger partial charge < -0.3 is 14.8 Å². The first-order valence-electron chi connectivity index (χ1n) is 9.89. The zero-order chi connectivity index (χ0) is 19.9. The average Bonchev–Trinajstić information content (AvgIpc) is 3.16. The van der Waals surface area contributed by atoms with Gasteiger partial charge in [-0.3, -0.25) is 9.69 Å². The highest BCUT2D eigenvalue weighted by molar-refractivity contribution is 5.78. The molecule has 1 N–H and O–H groups in total. The SMILES string of the molecule is COc1ccc(C2CCCN2CC(=O)NCCc2ccccc2C)c(OC)c1. The Labute approximate surface area is 167 Å². The summed E-state index contributed by atoms with van der Waals surface area (Å²) in [5.74, 6) is 1.67. The van der Waals surface area contributed by atoms with Crippen LogP contribution in [0.15, 0.2) is 42.5 Å². The fourth-order valence-corrected chi connectivity index (χ4v) is 3.93. The number of likely N-dealkylation sites (tertiary alicyclic amines) is 1. The van der Waals surface area contributed by atoms with Gasteiger partial charge in [-0.1, -0.05) is 30.3 Å². The van der Waals surface area contributed by atoms with Crippen molar-refractivity contribution in [2.24, 2.45) is 0 Å². The molecule has 2 aromatic rings. The number of hydrogen-bond acceptors (Lipinski definition) is 4. The molecule has 0 bridgehead atoms. The first kappa shape index (κ1) is 20.2. The number of nitrogens with zero attached hydrogens (tertiary/aromatic N) is 1. The van der Waals surface area contributed by atoms with Gasteiger partial charge in [0.05, 0.1) is 20.8 Å². The zero-order valence-corrected chi connectivity index (χ0v) is 17.0. The Morgan fingerprint density at radius 2 is 2.00 bits per heavy atom. The normalized spacial score (nSPS) is 16.8. The van der Waals surface area contributed by atoms with Gasteiger partial charge >= 0.3 is 0 Å². The fraction of sp³-hybridized carbons (Fsp3) is 0.435. The molecule has 1 aliphatic heterocycles. The monoisotopic (exact) mass is 382 g/mol. The number of rotatable bonds is 8. The number of benzene rings is 2. The van der Waals surface area contributed by atoms with E-state index in [-0.39, 0.29) is 11.9 Å². The van der Waals surface area contributed by atoms with E-state index in [0.717, 1.165) is 42.9 Å². The molecule has 1 heterocycles. The predicted molar refractivity (Wildman–Crippen MR) is 111 cm³/mol. The Bertz CT molecular complexity index is 806. The minimum Gasteiger partial charge on any atom is -0.497 e. The second-order valence-corrected chi connectivity index (χ2v) is 7.26. The highest BCUT2D eigenvalue weighted by atomic mass is 16.5. The van der Waals surface area contributed by atoms with Gasteiger partial charge in [-0.15, -0.1) is 0 Å². The van der Waals surface area contributed by atoms with E-state index in [1.807, 2.05) is 24.3 Å². The average molecular weight is 383 g/mol. The summed E-state index contributed by atoms with van der Waals surface area (Å²) in [7, 11) is 3.33. The second kappa shape index (κ2) is 9.60. The van der Waals surface area contributed by atoms with Crippen molar-refractivity contribution in [1.82, 2.24) is 10.2 Å². The third-order valence-corrected chi connectivity index (χ3v) is 5.49. The van der Waals surface area contributed by atoms with Crippen LogP contribution in [0.2, 0.25) is 0 Å². The van der Waals surface area contributed by atoms with Crippen molar-refractivity contribution in [1.29, 1.82) is 0 Å². The maximum absolute atomic E-state index is 12.5. The number of aryl methyl sites for hydroxylation is 1. The van der Waals surface area contributed by atoms with E-state index >= 15 is 0 Å². The Balaban J connectivity index is 1.57. The predicted octanol–water partition coefficient (Wildman–Crippen LogP) is 3.51. The van der Waals surface area contributed by atoms with E-state index in [0.29, 0.717) is 13.1 Å². The smallest absolute Gasteiger partial charge is 0.234 e. The van der Waals surface area contributed by atoms with Crippen LogP contribution in [-0.2, 0) is 11.2 Å². The number of amides is 1. The minimum atomic E-state index is 0.0768. The van der Waals surface area contributed by atoms with E-state index < -0.39 is 0 Å². The lowest BCUT2D eigenvalue weighted by atomic mass is 10.0. The van der Waals surface area contributed by atoms with Gasteiger partial charge in [-0.2, -0.15) is 0 Å². The second-order valence-electron chi connectivity index (χ2n) is 7.26. The van der Waals surface area contributed by atoms with Crippen LogP contribution >= 0.6 is 0 Å². The molecular formula is C23H30N2O3. The summed E-state index contributed by atoms with van der Waals surface area (Å²) >= 11 is 0. The summed E-state index contributed by atoms with van der Waals surface area (Å²) in [5.41, 5.74) is 3.67. The number of hydrogen-bond donors (Lipinski definition) is 1. The molecular weight excluding hydrogens is 352 g/mol. The van der Waals surface area contributed by atoms with Crippen molar-refractivity contribution in [2.75, 3.05) is 33.9 Å². The standard InChI is InChI=1S/C23H30N2O3/c1-17-7-4-5-8-18(17)12-13-24-23(26)16-25-14-6-9-21(25)20-11-10-19(27-2)15-22(20)28-3/h4-5,7-8,10-11,15,21H,6,9,12-14,16H2,1-3H3,(H,24,26). The van der Waals surface area contributed by atoms with Crippen molar-refractivity contribution < 1.29 is 14.3 Å². The number of carbonyl (C=O) groups is 1. The molecule has 0 saturated carbocycles. The van der Waals surface area contributed by atoms with Crippen LogP contribution in [0.5, 0.6) is 11.5 Å². The van der Waals surface area contributed by atoms with Gasteiger partial charge in [0.15, 0.2) is 0 Å². The Kier molecular flexibility index (Phi) is 6.93. The van der Waals surface area contributed by atoms with Gasteiger partial charge in [-0.25, -0.2) is 0 Å². The summed E-state index contributed by atoms with van der Waals surface area (Å²) in [5, 5.41) is 3.07. The molecule has 1 amide bonds. The van der Waals surface area contributed by atoms with Crippen LogP contribution in [-0.4, -0.2) is 44.7 Å². The Morgan fingerprint density at radius 1 is 1.18 bits per heavy atom. The molecule has 0 radical (unpaired) electrons. The summed E-state index contributed by atoms with van der Waals surface area (Å²) in [6.07, 6.45) is 2.96. The van der Waals surface area contributed by atoms with Gasteiger partial charge in [-0.05, 0) is 49.9 Å². The van der Waals surface area contributed by atoms with Crippen molar-refractivity contribution in [3.63, 3.8) is 0 Å². The minimum absolute atomic E-state index is 0.0768. The number of carbonyl (C=O) groups excluding carboxylic acids is 1. The van der Waals surface area contributed by atoms with Crippen LogP contribution in [0.1, 0.15) is 35.6 Å². The van der Waals surface area contributed by atoms with Gasteiger partial charge in [0.25, 0.3) is 0 Å². The Morgan fingerprint density at radius 3 is 2.75 bits per heavy atom. The molecule has 3 rings (SSSR count). The number of methoxy groups -OCH3 is 2. The molecule has 1 unspecified atom stereocenters. The maximum Gasteiger partial charge on any atom is 0.234 e. The molecule has 0 aromatic heterocycles. The number of ether oxygens (including phenoxy) is 2. The molecule has 0 spiro atoms. The van der Waals surface area contributed by atoms with E-state index in [9.17, 15) is 4.79 Å². The highest BCUT2D eigenvalue weighted by Crippen LogP contribution is 2.38. The van der Waals surface area contributed by atoms with Crippen molar-refractivity contribution >= 4 is 5.91 Å². The van der Waals surface area contributed by atoms with E-state index in [1.54, 1.807) is 14.2 Å². The number of nitrogens with one attached hydrogen (secondary N) is 1. The van der Waals surface area contributed by atoms with Crippen LogP contribution in [0.3, 0.4) is 0 Å². The van der Waals surface area contributed by atoms with Crippen LogP contribution in [0.25, 0.3) is 0 Å². The molecule has 0 aliphatic carbocycles. The van der Waals surface area contributed by atoms with Gasteiger partial charge in [0, 0.05) is 24.2 Å². The van der Waals surface area contributed by atoms with Crippen molar-refractivity contribution in [3.8, 4) is 11.5 Å². The van der Waals surface area contributed by atoms with E-state index in [1.165, 1.54) is 11.1 Å². The molecule has 1 fully saturated rings. The first-order chi connectivity index (χ1) is 13.6. The molecule has 1 saturated heterocycles. The third-order valence-electron chi connectivity index (χ3n) is 5.49. The summed E-state index contributed by atoms with van der Waals surface area (Å²) in [6, 6.07) is 14.4. The van der Waals surface area contributed by atoms with E-state index in [2.05, 4.69) is 35.3 Å². The maximum atomic E-state index is 12.5. The lowest BCUT2D eigenvalue weighted by Gasteiger charge is -2.26. The first-order valence-corrected chi connectivity index (χ1v) is 9.89. The molecule has 2 aromatic carbocycles. The van der Waals surface area contributed by atoms with Gasteiger partial charge in [0.1, 0.15) is 11.5 Å². The lowest BCUT2D eigenvalue weighted by Crippen LogP contribution is -2.37. The summed E-state index contributed by atoms with van der Waals surface area (Å²) in [6.45, 7) is 4.10. The zero-order valence-electron chi connectivity index (χ0n) is 17.0. The van der Waals surface area contributed by atoms with Gasteiger partial charge in [0.2, 0.25) is 5.91 Å². The molecule has 5 heteroatoms. The fourth-order valence-electron chi connectivity index (χ4n) is 3.93. The molecule has 1 atom stereocenters. The molecule has 28 heavy (non-hydrogen) atoms. The van der Waals surface area contributed by atoms with Crippen molar-refractivity contribution in [3.05, 3.63) is 59.2 Å². The van der Waals surface area contributed by atoms with Crippen molar-refractivity contribution in [2.45, 2.75) is 32.2 Å². The third kappa shape index (κ3) is 4.84. The van der Waals surface area contributed by atoms with E-state index in [4.69, 9.17) is 9.47 Å². The highest BCUT2D eigenvalue weighted by Gasteiger charge is 2.29. The summed E-state index contributed by atoms with van der Waals surface area (Å²) < 4.78 is 10.9. The largest absolute Gasteiger partial charge is 0.497 e.